The van der Waals surface area contributed by atoms with Gasteiger partial charge < -0.3 is 15.1 Å². The number of alkyl halides is 6. The number of piperidine rings is 1. The first-order chi connectivity index (χ1) is 20.9. The number of carbonyl (C=O) groups excluding carboxylic acids is 3. The van der Waals surface area contributed by atoms with E-state index in [1.807, 2.05) is 0 Å². The molecular weight excluding hydrogens is 607 g/mol. The van der Waals surface area contributed by atoms with Crippen molar-refractivity contribution >= 4 is 17.7 Å². The largest absolute Gasteiger partial charge is 0.416 e. The number of aryl methyl sites for hydroxylation is 1. The van der Waals surface area contributed by atoms with E-state index in [2.05, 4.69) is 5.32 Å². The second-order valence-electron chi connectivity index (χ2n) is 12.1. The summed E-state index contributed by atoms with van der Waals surface area (Å²) >= 11 is 0. The molecule has 4 rings (SSSR count). The second kappa shape index (κ2) is 13.4. The van der Waals surface area contributed by atoms with Gasteiger partial charge in [-0.3, -0.25) is 14.4 Å². The zero-order chi connectivity index (χ0) is 33.3. The predicted molar refractivity (Wildman–Crippen MR) is 151 cm³/mol. The Balaban J connectivity index is 1.56. The number of nitrogens with one attached hydrogen (secondary N) is 1. The Bertz CT molecular complexity index is 1390. The normalized spacial score (nSPS) is 22.6. The first-order valence-corrected chi connectivity index (χ1v) is 14.8. The van der Waals surface area contributed by atoms with Crippen LogP contribution in [0.3, 0.4) is 0 Å². The number of halogens is 7. The molecule has 6 nitrogen and oxygen atoms in total. The summed E-state index contributed by atoms with van der Waals surface area (Å²) in [7, 11) is 1.31. The average molecular weight is 644 g/mol. The van der Waals surface area contributed by atoms with Crippen LogP contribution in [-0.4, -0.2) is 53.7 Å². The van der Waals surface area contributed by atoms with Crippen molar-refractivity contribution in [2.45, 2.75) is 76.8 Å². The molecule has 2 aliphatic rings. The molecule has 0 bridgehead atoms. The highest BCUT2D eigenvalue weighted by Crippen LogP contribution is 2.39. The number of benzene rings is 2. The topological polar surface area (TPSA) is 69.7 Å². The maximum Gasteiger partial charge on any atom is 0.416 e. The molecule has 2 fully saturated rings. The smallest absolute Gasteiger partial charge is 0.354 e. The predicted octanol–water partition coefficient (Wildman–Crippen LogP) is 6.46. The Labute approximate surface area is 256 Å². The van der Waals surface area contributed by atoms with Gasteiger partial charge in [-0.05, 0) is 86.1 Å². The molecule has 246 valence electrons. The van der Waals surface area contributed by atoms with Gasteiger partial charge in [-0.25, -0.2) is 4.39 Å². The number of amides is 3. The van der Waals surface area contributed by atoms with Gasteiger partial charge in [0.05, 0.1) is 11.1 Å². The zero-order valence-electron chi connectivity index (χ0n) is 25.2. The number of carbonyl (C=O) groups is 3. The highest BCUT2D eigenvalue weighted by molar-refractivity contribution is 5.82. The number of hydrogen-bond acceptors (Lipinski definition) is 3. The molecule has 13 heteroatoms. The zero-order valence-corrected chi connectivity index (χ0v) is 25.2. The number of nitrogens with zero attached hydrogens (tertiary/aromatic N) is 2. The summed E-state index contributed by atoms with van der Waals surface area (Å²) in [5, 5.41) is 2.88. The molecule has 1 saturated heterocycles. The van der Waals surface area contributed by atoms with Crippen LogP contribution in [0.5, 0.6) is 0 Å². The first-order valence-electron chi connectivity index (χ1n) is 14.8. The van der Waals surface area contributed by atoms with Crippen LogP contribution < -0.4 is 5.32 Å². The standard InChI is InChI=1S/C32H36F7N3O3/c1-18-12-24(33)6-9-26(18)28-17-42(29(44)21-4-7-25(8-5-21)40-19(2)43)11-10-27(28)30(45)41(3)16-20-13-22(31(34,35)36)15-23(14-20)32(37,38)39/h6,9,12-15,21,25,27-28H,4-5,7-8,10-11,16-17H2,1-3H3,(H,40,43)/t21-,25-,27-,28+/m1/s1. The van der Waals surface area contributed by atoms with Crippen molar-refractivity contribution < 1.29 is 45.1 Å². The summed E-state index contributed by atoms with van der Waals surface area (Å²) < 4.78 is 94.5. The van der Waals surface area contributed by atoms with E-state index < -0.39 is 53.6 Å². The maximum atomic E-state index is 14.0. The van der Waals surface area contributed by atoms with Gasteiger partial charge in [0.2, 0.25) is 17.7 Å². The fourth-order valence-electron chi connectivity index (χ4n) is 6.59. The van der Waals surface area contributed by atoms with E-state index in [1.165, 1.54) is 26.1 Å². The Kier molecular flexibility index (Phi) is 10.2. The lowest BCUT2D eigenvalue weighted by atomic mass is 9.77. The van der Waals surface area contributed by atoms with Gasteiger partial charge in [-0.2, -0.15) is 26.3 Å². The van der Waals surface area contributed by atoms with Crippen LogP contribution in [0.15, 0.2) is 36.4 Å². The molecule has 0 aromatic heterocycles. The third kappa shape index (κ3) is 8.35. The molecule has 0 radical (unpaired) electrons. The molecule has 2 atom stereocenters. The third-order valence-electron chi connectivity index (χ3n) is 8.80. The minimum Gasteiger partial charge on any atom is -0.354 e. The van der Waals surface area contributed by atoms with Crippen molar-refractivity contribution in [3.05, 3.63) is 70.0 Å². The van der Waals surface area contributed by atoms with Crippen molar-refractivity contribution in [1.29, 1.82) is 0 Å². The Morgan fingerprint density at radius 3 is 2.04 bits per heavy atom. The number of likely N-dealkylation sites (tertiary alicyclic amines) is 1. The number of hydrogen-bond donors (Lipinski definition) is 1. The van der Waals surface area contributed by atoms with Crippen molar-refractivity contribution in [3.63, 3.8) is 0 Å². The van der Waals surface area contributed by atoms with Crippen LogP contribution in [0.25, 0.3) is 0 Å². The Morgan fingerprint density at radius 2 is 1.51 bits per heavy atom. The van der Waals surface area contributed by atoms with Gasteiger partial charge in [0.15, 0.2) is 0 Å². The van der Waals surface area contributed by atoms with Crippen molar-refractivity contribution in [2.24, 2.45) is 11.8 Å². The van der Waals surface area contributed by atoms with Crippen LogP contribution in [0.1, 0.15) is 72.8 Å². The third-order valence-corrected chi connectivity index (χ3v) is 8.80. The molecule has 1 aliphatic carbocycles. The van der Waals surface area contributed by atoms with E-state index in [0.717, 1.165) is 4.90 Å². The van der Waals surface area contributed by atoms with Crippen LogP contribution in [0, 0.1) is 24.6 Å². The Hall–Kier alpha value is -3.64. The highest BCUT2D eigenvalue weighted by Gasteiger charge is 2.41. The maximum absolute atomic E-state index is 14.0. The van der Waals surface area contributed by atoms with Crippen LogP contribution in [0.4, 0.5) is 30.7 Å². The molecule has 2 aromatic rings. The van der Waals surface area contributed by atoms with E-state index in [-0.39, 0.29) is 54.9 Å². The van der Waals surface area contributed by atoms with Crippen molar-refractivity contribution in [2.75, 3.05) is 20.1 Å². The SMILES string of the molecule is CC(=O)N[C@H]1CC[C@H](C(=O)N2CC[C@@H](C(=O)N(C)Cc3cc(C(F)(F)F)cc(C(F)(F)F)c3)[C@H](c3ccc(F)cc3C)C2)CC1. The molecule has 1 N–H and O–H groups in total. The van der Waals surface area contributed by atoms with Gasteiger partial charge in [0.1, 0.15) is 5.82 Å². The molecule has 45 heavy (non-hydrogen) atoms. The van der Waals surface area contributed by atoms with Crippen LogP contribution in [-0.2, 0) is 33.3 Å². The van der Waals surface area contributed by atoms with Crippen molar-refractivity contribution in [1.82, 2.24) is 15.1 Å². The lowest BCUT2D eigenvalue weighted by Crippen LogP contribution is -2.50. The van der Waals surface area contributed by atoms with Gasteiger partial charge in [-0.15, -0.1) is 0 Å². The molecule has 1 saturated carbocycles. The molecule has 0 spiro atoms. The second-order valence-corrected chi connectivity index (χ2v) is 12.1. The van der Waals surface area contributed by atoms with Gasteiger partial charge in [0, 0.05) is 57.4 Å². The average Bonchev–Trinajstić information content (AvgIpc) is 2.95. The quantitative estimate of drug-likeness (QED) is 0.368. The summed E-state index contributed by atoms with van der Waals surface area (Å²) in [4.78, 5) is 41.6. The van der Waals surface area contributed by atoms with Gasteiger partial charge >= 0.3 is 12.4 Å². The van der Waals surface area contributed by atoms with E-state index >= 15 is 0 Å². The summed E-state index contributed by atoms with van der Waals surface area (Å²) in [5.41, 5.74) is -2.08. The Morgan fingerprint density at radius 1 is 0.911 bits per heavy atom. The molecule has 1 aliphatic heterocycles. The van der Waals surface area contributed by atoms with Crippen LogP contribution in [0.2, 0.25) is 0 Å². The van der Waals surface area contributed by atoms with E-state index in [1.54, 1.807) is 17.9 Å². The first kappa shape index (κ1) is 34.2. The number of rotatable bonds is 6. The minimum absolute atomic E-state index is 0.00379. The van der Waals surface area contributed by atoms with Crippen LogP contribution >= 0.6 is 0 Å². The summed E-state index contributed by atoms with van der Waals surface area (Å²) in [6, 6.07) is 5.35. The van der Waals surface area contributed by atoms with Gasteiger partial charge in [0.25, 0.3) is 0 Å². The molecule has 0 unspecified atom stereocenters. The monoisotopic (exact) mass is 643 g/mol. The fourth-order valence-corrected chi connectivity index (χ4v) is 6.59. The highest BCUT2D eigenvalue weighted by atomic mass is 19.4. The molecular formula is C32H36F7N3O3. The lowest BCUT2D eigenvalue weighted by Gasteiger charge is -2.42. The lowest BCUT2D eigenvalue weighted by molar-refractivity contribution is -0.144. The van der Waals surface area contributed by atoms with E-state index in [4.69, 9.17) is 0 Å². The van der Waals surface area contributed by atoms with Crippen molar-refractivity contribution in [3.8, 4) is 0 Å². The molecule has 1 heterocycles. The van der Waals surface area contributed by atoms with E-state index in [9.17, 15) is 45.1 Å². The molecule has 2 aromatic carbocycles. The summed E-state index contributed by atoms with van der Waals surface area (Å²) in [6.07, 6.45) is -7.36. The minimum atomic E-state index is -5.02. The molecule has 3 amide bonds. The van der Waals surface area contributed by atoms with Gasteiger partial charge in [-0.1, -0.05) is 6.07 Å². The fraction of sp³-hybridized carbons (Fsp3) is 0.531. The summed E-state index contributed by atoms with van der Waals surface area (Å²) in [6.45, 7) is 2.99. The summed E-state index contributed by atoms with van der Waals surface area (Å²) in [5.74, 6) is -2.80. The van der Waals surface area contributed by atoms with E-state index in [0.29, 0.717) is 48.9 Å².